The average molecular weight is 218 g/mol. The topological polar surface area (TPSA) is 62.0 Å². The molecule has 2 aliphatic heterocycles. The van der Waals surface area contributed by atoms with E-state index in [-0.39, 0.29) is 18.0 Å². The van der Waals surface area contributed by atoms with E-state index >= 15 is 0 Å². The molecule has 3 rings (SSSR count). The zero-order chi connectivity index (χ0) is 11.3. The summed E-state index contributed by atoms with van der Waals surface area (Å²) in [5.74, 6) is -1.05. The van der Waals surface area contributed by atoms with E-state index in [0.717, 1.165) is 11.1 Å². The van der Waals surface area contributed by atoms with Gasteiger partial charge in [0.1, 0.15) is 17.2 Å². The van der Waals surface area contributed by atoms with Crippen molar-refractivity contribution >= 4 is 17.5 Å². The Morgan fingerprint density at radius 3 is 2.94 bits per heavy atom. The molecule has 2 heterocycles. The van der Waals surface area contributed by atoms with Crippen molar-refractivity contribution in [3.05, 3.63) is 34.8 Å². The average Bonchev–Trinajstić information content (AvgIpc) is 2.76. The second-order valence-corrected chi connectivity index (χ2v) is 3.74. The Morgan fingerprint density at radius 1 is 1.38 bits per heavy atom. The van der Waals surface area contributed by atoms with E-state index in [1.165, 1.54) is 6.08 Å². The highest BCUT2D eigenvalue weighted by molar-refractivity contribution is 6.42. The number of carboxylic acids is 1. The molecule has 0 fully saturated rings. The summed E-state index contributed by atoms with van der Waals surface area (Å²) in [6.45, 7) is 0. The number of allylic oxidation sites excluding steroid dienone is 4. The quantitative estimate of drug-likeness (QED) is 0.728. The predicted octanol–water partition coefficient (Wildman–Crippen LogP) is 1.77. The molecule has 5 heteroatoms. The third-order valence-corrected chi connectivity index (χ3v) is 2.78. The number of fused-ring (bicyclic) bond motifs is 2. The Kier molecular flexibility index (Phi) is 1.71. The number of hydrogen-bond donors (Lipinski definition) is 1. The number of carboxylic acid groups (broad SMARTS) is 1. The van der Waals surface area contributed by atoms with E-state index in [2.05, 4.69) is 9.98 Å². The van der Waals surface area contributed by atoms with Gasteiger partial charge >= 0.3 is 5.97 Å². The highest BCUT2D eigenvalue weighted by Gasteiger charge is 2.33. The van der Waals surface area contributed by atoms with Gasteiger partial charge in [-0.15, -0.1) is 0 Å². The van der Waals surface area contributed by atoms with Crippen molar-refractivity contribution in [3.8, 4) is 0 Å². The standard InChI is InChI=1S/C11H7FN2O2/c12-7-3-1-2-5-6-4-8(11(15)16)13-10(6)14-9(5)7/h1,3H,2,4H2,(H,15,16). The summed E-state index contributed by atoms with van der Waals surface area (Å²) < 4.78 is 13.4. The van der Waals surface area contributed by atoms with Gasteiger partial charge in [-0.05, 0) is 18.1 Å². The summed E-state index contributed by atoms with van der Waals surface area (Å²) in [6.07, 6.45) is 3.92. The van der Waals surface area contributed by atoms with Gasteiger partial charge in [0.15, 0.2) is 5.84 Å². The van der Waals surface area contributed by atoms with Crippen molar-refractivity contribution in [2.45, 2.75) is 12.8 Å². The lowest BCUT2D eigenvalue weighted by atomic mass is 9.98. The van der Waals surface area contributed by atoms with Crippen LogP contribution in [0, 0.1) is 0 Å². The molecule has 0 aromatic carbocycles. The summed E-state index contributed by atoms with van der Waals surface area (Å²) in [5, 5.41) is 8.81. The van der Waals surface area contributed by atoms with E-state index in [1.807, 2.05) is 0 Å². The Labute approximate surface area is 90.2 Å². The number of amidine groups is 1. The molecule has 4 nitrogen and oxygen atoms in total. The zero-order valence-electron chi connectivity index (χ0n) is 8.20. The van der Waals surface area contributed by atoms with Gasteiger partial charge in [-0.2, -0.15) is 0 Å². The molecule has 3 aliphatic rings. The lowest BCUT2D eigenvalue weighted by molar-refractivity contribution is -0.129. The fourth-order valence-electron chi connectivity index (χ4n) is 2.03. The number of aliphatic carboxylic acids is 1. The molecule has 0 bridgehead atoms. The minimum absolute atomic E-state index is 0.0789. The van der Waals surface area contributed by atoms with Crippen LogP contribution in [0.15, 0.2) is 44.8 Å². The van der Waals surface area contributed by atoms with Gasteiger partial charge in [0.05, 0.1) is 0 Å². The van der Waals surface area contributed by atoms with E-state index in [0.29, 0.717) is 18.0 Å². The zero-order valence-corrected chi connectivity index (χ0v) is 8.20. The Balaban J connectivity index is 2.11. The molecule has 80 valence electrons. The largest absolute Gasteiger partial charge is 0.477 e. The van der Waals surface area contributed by atoms with Crippen LogP contribution in [0.3, 0.4) is 0 Å². The summed E-state index contributed by atoms with van der Waals surface area (Å²) in [6, 6.07) is 0. The lowest BCUT2D eigenvalue weighted by Crippen LogP contribution is -2.09. The second kappa shape index (κ2) is 2.98. The number of halogens is 1. The molecule has 0 saturated heterocycles. The van der Waals surface area contributed by atoms with Crippen LogP contribution in [0.2, 0.25) is 0 Å². The van der Waals surface area contributed by atoms with Gasteiger partial charge in [0, 0.05) is 12.0 Å². The Hall–Kier alpha value is -2.04. The maximum Gasteiger partial charge on any atom is 0.350 e. The molecule has 0 aromatic heterocycles. The van der Waals surface area contributed by atoms with Crippen LogP contribution in [-0.2, 0) is 4.79 Å². The molecule has 16 heavy (non-hydrogen) atoms. The molecule has 0 radical (unpaired) electrons. The highest BCUT2D eigenvalue weighted by Crippen LogP contribution is 2.38. The van der Waals surface area contributed by atoms with Crippen molar-refractivity contribution < 1.29 is 14.3 Å². The van der Waals surface area contributed by atoms with E-state index in [1.54, 1.807) is 6.08 Å². The fraction of sp³-hybridized carbons (Fsp3) is 0.182. The Bertz CT molecular complexity index is 565. The third-order valence-electron chi connectivity index (χ3n) is 2.78. The number of hydrogen-bond acceptors (Lipinski definition) is 3. The van der Waals surface area contributed by atoms with E-state index in [9.17, 15) is 9.18 Å². The van der Waals surface area contributed by atoms with Crippen LogP contribution in [0.25, 0.3) is 0 Å². The molecule has 0 unspecified atom stereocenters. The van der Waals surface area contributed by atoms with Crippen LogP contribution in [-0.4, -0.2) is 22.6 Å². The Morgan fingerprint density at radius 2 is 2.19 bits per heavy atom. The van der Waals surface area contributed by atoms with Crippen molar-refractivity contribution in [3.63, 3.8) is 0 Å². The minimum atomic E-state index is -1.04. The number of rotatable bonds is 1. The predicted molar refractivity (Wildman–Crippen MR) is 56.0 cm³/mol. The molecule has 0 atom stereocenters. The van der Waals surface area contributed by atoms with Crippen molar-refractivity contribution in [1.82, 2.24) is 0 Å². The summed E-state index contributed by atoms with van der Waals surface area (Å²) in [5.41, 5.74) is 1.93. The normalized spacial score (nSPS) is 22.1. The maximum absolute atomic E-state index is 13.4. The van der Waals surface area contributed by atoms with Gasteiger partial charge in [-0.3, -0.25) is 0 Å². The van der Waals surface area contributed by atoms with E-state index in [4.69, 9.17) is 5.11 Å². The number of carbonyl (C=O) groups is 1. The molecule has 0 amide bonds. The molecule has 1 N–H and O–H groups in total. The first-order valence-electron chi connectivity index (χ1n) is 4.85. The summed E-state index contributed by atoms with van der Waals surface area (Å²) in [7, 11) is 0. The fourth-order valence-corrected chi connectivity index (χ4v) is 2.03. The van der Waals surface area contributed by atoms with Gasteiger partial charge in [-0.1, -0.05) is 6.08 Å². The first kappa shape index (κ1) is 9.21. The third kappa shape index (κ3) is 1.11. The lowest BCUT2D eigenvalue weighted by Gasteiger charge is -2.07. The van der Waals surface area contributed by atoms with Crippen LogP contribution in [0.5, 0.6) is 0 Å². The second-order valence-electron chi connectivity index (χ2n) is 3.74. The van der Waals surface area contributed by atoms with Gasteiger partial charge < -0.3 is 5.11 Å². The minimum Gasteiger partial charge on any atom is -0.477 e. The van der Waals surface area contributed by atoms with E-state index < -0.39 is 5.97 Å². The van der Waals surface area contributed by atoms with Crippen molar-refractivity contribution in [2.75, 3.05) is 0 Å². The maximum atomic E-state index is 13.4. The van der Waals surface area contributed by atoms with Crippen molar-refractivity contribution in [1.29, 1.82) is 0 Å². The molecule has 1 aliphatic carbocycles. The molecular formula is C11H7FN2O2. The molecular weight excluding hydrogens is 211 g/mol. The van der Waals surface area contributed by atoms with Crippen LogP contribution in [0.1, 0.15) is 12.8 Å². The highest BCUT2D eigenvalue weighted by atomic mass is 19.1. The van der Waals surface area contributed by atoms with Crippen molar-refractivity contribution in [2.24, 2.45) is 9.98 Å². The summed E-state index contributed by atoms with van der Waals surface area (Å²) >= 11 is 0. The van der Waals surface area contributed by atoms with Gasteiger partial charge in [0.2, 0.25) is 0 Å². The van der Waals surface area contributed by atoms with Gasteiger partial charge in [-0.25, -0.2) is 19.2 Å². The molecule has 0 aromatic rings. The van der Waals surface area contributed by atoms with Crippen LogP contribution < -0.4 is 0 Å². The number of nitrogens with zero attached hydrogens (tertiary/aromatic N) is 2. The van der Waals surface area contributed by atoms with Crippen LogP contribution in [0.4, 0.5) is 4.39 Å². The summed E-state index contributed by atoms with van der Waals surface area (Å²) in [4.78, 5) is 18.7. The SMILES string of the molecule is O=C(O)C1=NC2=NC3=C(F)C=CCC3=C2C1. The first-order valence-corrected chi connectivity index (χ1v) is 4.85. The molecule has 0 spiro atoms. The first-order chi connectivity index (χ1) is 7.66. The van der Waals surface area contributed by atoms with Gasteiger partial charge in [0.25, 0.3) is 0 Å². The number of aliphatic imine (C=N–C) groups is 2. The smallest absolute Gasteiger partial charge is 0.350 e. The molecule has 0 saturated carbocycles. The monoisotopic (exact) mass is 218 g/mol. The van der Waals surface area contributed by atoms with Crippen LogP contribution >= 0.6 is 0 Å².